The molecule has 1 aliphatic heterocycles. The number of amides is 1. The largest absolute Gasteiger partial charge is 0.339 e. The maximum absolute atomic E-state index is 12.7. The molecule has 26 heavy (non-hydrogen) atoms. The number of hydrogen-bond acceptors (Lipinski definition) is 4. The van der Waals surface area contributed by atoms with E-state index in [4.69, 9.17) is 10.2 Å². The van der Waals surface area contributed by atoms with Gasteiger partial charge in [0.25, 0.3) is 5.91 Å². The highest BCUT2D eigenvalue weighted by atomic mass is 16.2. The fourth-order valence-corrected chi connectivity index (χ4v) is 3.40. The van der Waals surface area contributed by atoms with Crippen LogP contribution in [-0.2, 0) is 7.05 Å². The average Bonchev–Trinajstić information content (AvgIpc) is 3.04. The fourth-order valence-electron chi connectivity index (χ4n) is 3.40. The topological polar surface area (TPSA) is 65.2 Å². The minimum absolute atomic E-state index is 0.0131. The third kappa shape index (κ3) is 2.78. The zero-order chi connectivity index (χ0) is 18.1. The van der Waals surface area contributed by atoms with Crippen molar-refractivity contribution in [2.45, 2.75) is 0 Å². The van der Waals surface area contributed by atoms with Gasteiger partial charge in [0.2, 0.25) is 5.95 Å². The van der Waals surface area contributed by atoms with Crippen molar-refractivity contribution >= 4 is 22.9 Å². The monoisotopic (exact) mass is 345 g/mol. The molecule has 1 fully saturated rings. The second kappa shape index (κ2) is 6.52. The molecule has 130 valence electrons. The number of carbonyl (C=O) groups is 1. The summed E-state index contributed by atoms with van der Waals surface area (Å²) >= 11 is 0. The number of hydrogen-bond donors (Lipinski definition) is 0. The summed E-state index contributed by atoms with van der Waals surface area (Å²) in [6, 6.07) is 17.0. The number of nitrogens with zero attached hydrogens (tertiary/aromatic N) is 5. The van der Waals surface area contributed by atoms with Crippen LogP contribution in [0.4, 0.5) is 5.95 Å². The molecular weight excluding hydrogens is 326 g/mol. The lowest BCUT2D eigenvalue weighted by atomic mass is 10.1. The van der Waals surface area contributed by atoms with Gasteiger partial charge in [0.15, 0.2) is 0 Å². The van der Waals surface area contributed by atoms with Crippen LogP contribution in [0.15, 0.2) is 48.5 Å². The Morgan fingerprint density at radius 1 is 1.04 bits per heavy atom. The molecule has 0 radical (unpaired) electrons. The maximum Gasteiger partial charge on any atom is 0.253 e. The van der Waals surface area contributed by atoms with Crippen LogP contribution in [0.1, 0.15) is 15.9 Å². The van der Waals surface area contributed by atoms with Gasteiger partial charge in [-0.2, -0.15) is 5.26 Å². The van der Waals surface area contributed by atoms with Gasteiger partial charge < -0.3 is 14.4 Å². The Morgan fingerprint density at radius 3 is 2.38 bits per heavy atom. The number of carbonyl (C=O) groups excluding carboxylic acids is 1. The number of fused-ring (bicyclic) bond motifs is 1. The van der Waals surface area contributed by atoms with E-state index in [9.17, 15) is 4.79 Å². The van der Waals surface area contributed by atoms with Crippen molar-refractivity contribution in [1.82, 2.24) is 14.5 Å². The van der Waals surface area contributed by atoms with E-state index >= 15 is 0 Å². The molecule has 6 heteroatoms. The first kappa shape index (κ1) is 16.2. The van der Waals surface area contributed by atoms with Gasteiger partial charge in [-0.05, 0) is 36.4 Å². The van der Waals surface area contributed by atoms with E-state index in [-0.39, 0.29) is 5.91 Å². The minimum Gasteiger partial charge on any atom is -0.339 e. The van der Waals surface area contributed by atoms with Crippen LogP contribution in [0, 0.1) is 11.3 Å². The Balaban J connectivity index is 1.47. The van der Waals surface area contributed by atoms with Gasteiger partial charge in [-0.3, -0.25) is 4.79 Å². The predicted octanol–water partition coefficient (Wildman–Crippen LogP) is 2.41. The van der Waals surface area contributed by atoms with Crippen LogP contribution >= 0.6 is 0 Å². The maximum atomic E-state index is 12.7. The first-order chi connectivity index (χ1) is 12.7. The average molecular weight is 345 g/mol. The van der Waals surface area contributed by atoms with Gasteiger partial charge >= 0.3 is 0 Å². The molecule has 2 aromatic carbocycles. The highest BCUT2D eigenvalue weighted by molar-refractivity contribution is 5.94. The third-order valence-corrected chi connectivity index (χ3v) is 4.87. The molecule has 0 aliphatic carbocycles. The Kier molecular flexibility index (Phi) is 4.05. The second-order valence-corrected chi connectivity index (χ2v) is 6.43. The molecule has 1 saturated heterocycles. The Hall–Kier alpha value is -3.33. The molecule has 6 nitrogen and oxygen atoms in total. The number of imidazole rings is 1. The molecule has 0 atom stereocenters. The van der Waals surface area contributed by atoms with Crippen LogP contribution in [0.5, 0.6) is 0 Å². The molecule has 1 aliphatic rings. The van der Waals surface area contributed by atoms with E-state index in [1.165, 1.54) is 0 Å². The van der Waals surface area contributed by atoms with Crippen molar-refractivity contribution in [3.63, 3.8) is 0 Å². The predicted molar refractivity (Wildman–Crippen MR) is 100.0 cm³/mol. The zero-order valence-corrected chi connectivity index (χ0v) is 14.6. The number of piperazine rings is 1. The van der Waals surface area contributed by atoms with Crippen LogP contribution in [-0.4, -0.2) is 46.5 Å². The number of nitriles is 1. The first-order valence-electron chi connectivity index (χ1n) is 8.63. The van der Waals surface area contributed by atoms with Gasteiger partial charge in [0.1, 0.15) is 0 Å². The number of rotatable bonds is 2. The molecule has 3 aromatic rings. The van der Waals surface area contributed by atoms with E-state index < -0.39 is 0 Å². The molecule has 4 rings (SSSR count). The SMILES string of the molecule is Cn1c(N2CCN(C(=O)c3ccc(C#N)cc3)CC2)nc2ccccc21. The number of aromatic nitrogens is 2. The van der Waals surface area contributed by atoms with Gasteiger partial charge in [0, 0.05) is 38.8 Å². The van der Waals surface area contributed by atoms with Gasteiger partial charge in [-0.1, -0.05) is 12.1 Å². The molecular formula is C20H19N5O. The molecule has 1 amide bonds. The smallest absolute Gasteiger partial charge is 0.253 e. The lowest BCUT2D eigenvalue weighted by molar-refractivity contribution is 0.0746. The fraction of sp³-hybridized carbons (Fsp3) is 0.250. The Labute approximate surface area is 151 Å². The Bertz CT molecular complexity index is 991. The van der Waals surface area contributed by atoms with Crippen LogP contribution in [0.25, 0.3) is 11.0 Å². The van der Waals surface area contributed by atoms with Crippen molar-refractivity contribution in [3.8, 4) is 6.07 Å². The molecule has 2 heterocycles. The van der Waals surface area contributed by atoms with Gasteiger partial charge in [0.05, 0.1) is 22.7 Å². The van der Waals surface area contributed by atoms with E-state index in [0.717, 1.165) is 30.1 Å². The normalized spacial score (nSPS) is 14.5. The van der Waals surface area contributed by atoms with E-state index in [1.54, 1.807) is 24.3 Å². The summed E-state index contributed by atoms with van der Waals surface area (Å²) in [7, 11) is 2.03. The van der Waals surface area contributed by atoms with Crippen molar-refractivity contribution in [1.29, 1.82) is 5.26 Å². The summed E-state index contributed by atoms with van der Waals surface area (Å²) in [5.74, 6) is 0.954. The van der Waals surface area contributed by atoms with Gasteiger partial charge in [-0.25, -0.2) is 4.98 Å². The van der Waals surface area contributed by atoms with Crippen LogP contribution in [0.3, 0.4) is 0 Å². The number of benzene rings is 2. The summed E-state index contributed by atoms with van der Waals surface area (Å²) in [6.07, 6.45) is 0. The highest BCUT2D eigenvalue weighted by Crippen LogP contribution is 2.22. The van der Waals surface area contributed by atoms with Crippen molar-refractivity contribution < 1.29 is 4.79 Å². The summed E-state index contributed by atoms with van der Waals surface area (Å²) in [5, 5.41) is 8.87. The Morgan fingerprint density at radius 2 is 1.73 bits per heavy atom. The molecule has 1 aromatic heterocycles. The summed E-state index contributed by atoms with van der Waals surface area (Å²) in [4.78, 5) is 21.5. The van der Waals surface area contributed by atoms with Crippen LogP contribution in [0.2, 0.25) is 0 Å². The van der Waals surface area contributed by atoms with Crippen LogP contribution < -0.4 is 4.90 Å². The first-order valence-corrected chi connectivity index (χ1v) is 8.63. The minimum atomic E-state index is 0.0131. The molecule has 0 bridgehead atoms. The molecule has 0 spiro atoms. The van der Waals surface area contributed by atoms with Crippen molar-refractivity contribution in [2.75, 3.05) is 31.1 Å². The molecule has 0 saturated carbocycles. The lowest BCUT2D eigenvalue weighted by Crippen LogP contribution is -2.49. The summed E-state index contributed by atoms with van der Waals surface area (Å²) in [5.41, 5.74) is 3.29. The standard InChI is InChI=1S/C20H19N5O/c1-23-18-5-3-2-4-17(18)22-20(23)25-12-10-24(11-13-25)19(26)16-8-6-15(14-21)7-9-16/h2-9H,10-13H2,1H3. The lowest BCUT2D eigenvalue weighted by Gasteiger charge is -2.35. The number of anilines is 1. The van der Waals surface area contributed by atoms with Gasteiger partial charge in [-0.15, -0.1) is 0 Å². The number of aryl methyl sites for hydroxylation is 1. The molecule has 0 N–H and O–H groups in total. The quantitative estimate of drug-likeness (QED) is 0.715. The second-order valence-electron chi connectivity index (χ2n) is 6.43. The van der Waals surface area contributed by atoms with E-state index in [0.29, 0.717) is 24.2 Å². The summed E-state index contributed by atoms with van der Waals surface area (Å²) in [6.45, 7) is 2.81. The van der Waals surface area contributed by atoms with E-state index in [2.05, 4.69) is 21.6 Å². The third-order valence-electron chi connectivity index (χ3n) is 4.87. The summed E-state index contributed by atoms with van der Waals surface area (Å²) < 4.78 is 2.10. The van der Waals surface area contributed by atoms with Crippen molar-refractivity contribution in [2.24, 2.45) is 7.05 Å². The van der Waals surface area contributed by atoms with Crippen molar-refractivity contribution in [3.05, 3.63) is 59.7 Å². The number of para-hydroxylation sites is 2. The van der Waals surface area contributed by atoms with E-state index in [1.807, 2.05) is 30.1 Å². The zero-order valence-electron chi connectivity index (χ0n) is 14.6. The highest BCUT2D eigenvalue weighted by Gasteiger charge is 2.24. The molecule has 0 unspecified atom stereocenters.